The van der Waals surface area contributed by atoms with E-state index in [1.807, 2.05) is 31.2 Å². The molecular weight excluding hydrogens is 462 g/mol. The predicted octanol–water partition coefficient (Wildman–Crippen LogP) is 5.13. The minimum absolute atomic E-state index is 0.0364. The first kappa shape index (κ1) is 23.8. The second-order valence-corrected chi connectivity index (χ2v) is 9.98. The number of ether oxygens (including phenoxy) is 1. The Hall–Kier alpha value is -4.35. The number of ketones is 1. The van der Waals surface area contributed by atoms with Gasteiger partial charge in [-0.3, -0.25) is 4.79 Å². The fourth-order valence-corrected chi connectivity index (χ4v) is 5.13. The maximum absolute atomic E-state index is 13.7. The highest BCUT2D eigenvalue weighted by Gasteiger charge is 2.28. The smallest absolute Gasteiger partial charge is 0.268 e. The van der Waals surface area contributed by atoms with Crippen molar-refractivity contribution >= 4 is 26.7 Å². The molecule has 0 saturated heterocycles. The largest absolute Gasteiger partial charge is 0.457 e. The van der Waals surface area contributed by atoms with E-state index in [0.717, 1.165) is 9.54 Å². The summed E-state index contributed by atoms with van der Waals surface area (Å²) in [6.45, 7) is 1.86. The molecule has 7 nitrogen and oxygen atoms in total. The lowest BCUT2D eigenvalue weighted by Crippen LogP contribution is -2.20. The van der Waals surface area contributed by atoms with E-state index in [0.29, 0.717) is 22.4 Å². The molecule has 0 unspecified atom stereocenters. The van der Waals surface area contributed by atoms with Gasteiger partial charge in [0.25, 0.3) is 10.0 Å². The van der Waals surface area contributed by atoms with Crippen molar-refractivity contribution in [2.24, 2.45) is 0 Å². The van der Waals surface area contributed by atoms with Crippen molar-refractivity contribution in [3.05, 3.63) is 102 Å². The Morgan fingerprint density at radius 3 is 2.29 bits per heavy atom. The summed E-state index contributed by atoms with van der Waals surface area (Å²) in [5, 5.41) is 10.1. The van der Waals surface area contributed by atoms with Gasteiger partial charge in [0.2, 0.25) is 5.78 Å². The van der Waals surface area contributed by atoms with E-state index in [1.54, 1.807) is 61.5 Å². The summed E-state index contributed by atoms with van der Waals surface area (Å²) < 4.78 is 34.3. The van der Waals surface area contributed by atoms with Crippen LogP contribution in [0.25, 0.3) is 10.9 Å². The molecule has 4 rings (SSSR count). The molecule has 0 spiro atoms. The zero-order chi connectivity index (χ0) is 25.2. The molecule has 0 fully saturated rings. The van der Waals surface area contributed by atoms with Crippen molar-refractivity contribution in [3.63, 3.8) is 0 Å². The number of rotatable bonds is 7. The van der Waals surface area contributed by atoms with Crippen LogP contribution >= 0.6 is 0 Å². The van der Waals surface area contributed by atoms with Crippen LogP contribution in [-0.4, -0.2) is 37.2 Å². The van der Waals surface area contributed by atoms with E-state index >= 15 is 0 Å². The monoisotopic (exact) mass is 485 g/mol. The van der Waals surface area contributed by atoms with Crippen LogP contribution in [0, 0.1) is 18.3 Å². The van der Waals surface area contributed by atoms with Gasteiger partial charge in [-0.1, -0.05) is 35.9 Å². The van der Waals surface area contributed by atoms with Crippen molar-refractivity contribution in [3.8, 4) is 17.6 Å². The summed E-state index contributed by atoms with van der Waals surface area (Å²) in [4.78, 5) is 15.0. The highest BCUT2D eigenvalue weighted by Crippen LogP contribution is 2.31. The Bertz CT molecular complexity index is 1580. The Morgan fingerprint density at radius 2 is 1.66 bits per heavy atom. The van der Waals surface area contributed by atoms with Gasteiger partial charge in [-0.05, 0) is 55.5 Å². The van der Waals surface area contributed by atoms with Gasteiger partial charge < -0.3 is 9.64 Å². The second-order valence-electron chi connectivity index (χ2n) is 8.20. The first-order valence-electron chi connectivity index (χ1n) is 10.7. The van der Waals surface area contributed by atoms with E-state index in [9.17, 15) is 18.5 Å². The number of aryl methyl sites for hydroxylation is 1. The minimum atomic E-state index is -4.15. The standard InChI is InChI=1S/C27H23N3O4S/c1-19-9-12-24(13-10-19)35(32,33)30-25-14-11-23(34-22-7-5-4-6-8-22)15-20(25)16-26(30)27(31)21(17-28)18-29(2)3/h4-16,18H,1-3H3. The number of nitriles is 1. The number of carbonyl (C=O) groups is 1. The summed E-state index contributed by atoms with van der Waals surface area (Å²) >= 11 is 0. The fourth-order valence-electron chi connectivity index (χ4n) is 3.62. The zero-order valence-electron chi connectivity index (χ0n) is 19.5. The normalized spacial score (nSPS) is 11.8. The quantitative estimate of drug-likeness (QED) is 0.205. The van der Waals surface area contributed by atoms with Crippen LogP contribution in [0.4, 0.5) is 0 Å². The van der Waals surface area contributed by atoms with Crippen LogP contribution in [0.5, 0.6) is 11.5 Å². The van der Waals surface area contributed by atoms with Crippen LogP contribution in [-0.2, 0) is 10.0 Å². The van der Waals surface area contributed by atoms with E-state index in [-0.39, 0.29) is 16.2 Å². The van der Waals surface area contributed by atoms with Crippen molar-refractivity contribution < 1.29 is 17.9 Å². The molecular formula is C27H23N3O4S. The third-order valence-corrected chi connectivity index (χ3v) is 6.99. The molecule has 0 radical (unpaired) electrons. The van der Waals surface area contributed by atoms with E-state index in [2.05, 4.69) is 0 Å². The van der Waals surface area contributed by atoms with Gasteiger partial charge in [-0.2, -0.15) is 5.26 Å². The lowest BCUT2D eigenvalue weighted by Gasteiger charge is -2.12. The van der Waals surface area contributed by atoms with Gasteiger partial charge in [-0.25, -0.2) is 12.4 Å². The van der Waals surface area contributed by atoms with Gasteiger partial charge in [0, 0.05) is 25.7 Å². The van der Waals surface area contributed by atoms with Crippen LogP contribution in [0.2, 0.25) is 0 Å². The lowest BCUT2D eigenvalue weighted by molar-refractivity contribution is 0.103. The van der Waals surface area contributed by atoms with Crippen LogP contribution in [0.3, 0.4) is 0 Å². The van der Waals surface area contributed by atoms with Gasteiger partial charge in [0.05, 0.1) is 10.4 Å². The molecule has 0 bridgehead atoms. The van der Waals surface area contributed by atoms with Crippen molar-refractivity contribution in [2.45, 2.75) is 11.8 Å². The number of allylic oxidation sites excluding steroid dienone is 1. The number of hydrogen-bond donors (Lipinski definition) is 0. The maximum atomic E-state index is 13.7. The first-order chi connectivity index (χ1) is 16.7. The molecule has 0 amide bonds. The molecule has 3 aromatic carbocycles. The van der Waals surface area contributed by atoms with Crippen molar-refractivity contribution in [2.75, 3.05) is 14.1 Å². The molecule has 0 aliphatic carbocycles. The number of Topliss-reactive ketones (excluding diaryl/α,β-unsaturated/α-hetero) is 1. The summed E-state index contributed by atoms with van der Waals surface area (Å²) in [5.41, 5.74) is 0.892. The van der Waals surface area contributed by atoms with Crippen LogP contribution in [0.1, 0.15) is 16.1 Å². The third-order valence-electron chi connectivity index (χ3n) is 5.25. The molecule has 0 N–H and O–H groups in total. The van der Waals surface area contributed by atoms with E-state index in [4.69, 9.17) is 4.74 Å². The highest BCUT2D eigenvalue weighted by molar-refractivity contribution is 7.90. The molecule has 4 aromatic rings. The van der Waals surface area contributed by atoms with Crippen molar-refractivity contribution in [1.82, 2.24) is 8.87 Å². The zero-order valence-corrected chi connectivity index (χ0v) is 20.3. The summed E-state index contributed by atoms with van der Waals surface area (Å²) in [6.07, 6.45) is 1.37. The molecule has 176 valence electrons. The van der Waals surface area contributed by atoms with Gasteiger partial charge in [0.15, 0.2) is 0 Å². The Morgan fingerprint density at radius 1 is 0.971 bits per heavy atom. The minimum Gasteiger partial charge on any atom is -0.457 e. The molecule has 1 aromatic heterocycles. The van der Waals surface area contributed by atoms with Crippen LogP contribution < -0.4 is 4.74 Å². The number of para-hydroxylation sites is 1. The summed E-state index contributed by atoms with van der Waals surface area (Å²) in [7, 11) is -0.798. The molecule has 35 heavy (non-hydrogen) atoms. The number of fused-ring (bicyclic) bond motifs is 1. The average Bonchev–Trinajstić information content (AvgIpc) is 3.22. The third kappa shape index (κ3) is 4.81. The maximum Gasteiger partial charge on any atom is 0.268 e. The number of benzene rings is 3. The average molecular weight is 486 g/mol. The first-order valence-corrected chi connectivity index (χ1v) is 12.2. The Kier molecular flexibility index (Phi) is 6.45. The molecule has 0 saturated carbocycles. The van der Waals surface area contributed by atoms with Crippen molar-refractivity contribution in [1.29, 1.82) is 5.26 Å². The molecule has 0 aliphatic rings. The molecule has 1 heterocycles. The summed E-state index contributed by atoms with van der Waals surface area (Å²) in [6, 6.07) is 23.8. The highest BCUT2D eigenvalue weighted by atomic mass is 32.2. The molecule has 8 heteroatoms. The van der Waals surface area contributed by atoms with Crippen LogP contribution in [0.15, 0.2) is 95.5 Å². The number of aromatic nitrogens is 1. The molecule has 0 atom stereocenters. The lowest BCUT2D eigenvalue weighted by atomic mass is 10.1. The SMILES string of the molecule is Cc1ccc(S(=O)(=O)n2c(C(=O)C(C#N)=CN(C)C)cc3cc(Oc4ccccc4)ccc32)cc1. The number of hydrogen-bond acceptors (Lipinski definition) is 6. The van der Waals surface area contributed by atoms with Gasteiger partial charge >= 0.3 is 0 Å². The Balaban J connectivity index is 1.92. The topological polar surface area (TPSA) is 92.4 Å². The summed E-state index contributed by atoms with van der Waals surface area (Å²) in [5.74, 6) is 0.408. The number of nitrogens with zero attached hydrogens (tertiary/aromatic N) is 3. The number of carbonyl (C=O) groups excluding carboxylic acids is 1. The molecule has 0 aliphatic heterocycles. The predicted molar refractivity (Wildman–Crippen MR) is 134 cm³/mol. The van der Waals surface area contributed by atoms with E-state index in [1.165, 1.54) is 24.4 Å². The Labute approximate surface area is 204 Å². The van der Waals surface area contributed by atoms with Gasteiger partial charge in [-0.15, -0.1) is 0 Å². The fraction of sp³-hybridized carbons (Fsp3) is 0.111. The second kappa shape index (κ2) is 9.49. The van der Waals surface area contributed by atoms with E-state index < -0.39 is 15.8 Å². The van der Waals surface area contributed by atoms with Gasteiger partial charge in [0.1, 0.15) is 28.8 Å².